The molecule has 0 radical (unpaired) electrons. The zero-order chi connectivity index (χ0) is 22.1. The van der Waals surface area contributed by atoms with Crippen molar-refractivity contribution in [3.05, 3.63) is 51.5 Å². The van der Waals surface area contributed by atoms with E-state index in [2.05, 4.69) is 31.8 Å². The lowest BCUT2D eigenvalue weighted by atomic mass is 10.1. The number of rotatable bonds is 9. The van der Waals surface area contributed by atoms with Gasteiger partial charge in [-0.2, -0.15) is 5.10 Å². The third-order valence-corrected chi connectivity index (χ3v) is 4.59. The van der Waals surface area contributed by atoms with E-state index in [0.29, 0.717) is 36.0 Å². The van der Waals surface area contributed by atoms with Gasteiger partial charge in [0.25, 0.3) is 0 Å². The van der Waals surface area contributed by atoms with E-state index in [-0.39, 0.29) is 6.42 Å². The second kappa shape index (κ2) is 11.3. The van der Waals surface area contributed by atoms with E-state index in [1.165, 1.54) is 6.21 Å². The Kier molecular flexibility index (Phi) is 8.86. The van der Waals surface area contributed by atoms with Crippen LogP contribution in [0.2, 0.25) is 0 Å². The molecule has 0 saturated heterocycles. The molecule has 7 nitrogen and oxygen atoms in total. The second-order valence-electron chi connectivity index (χ2n) is 6.53. The van der Waals surface area contributed by atoms with Gasteiger partial charge in [0.2, 0.25) is 11.8 Å². The lowest BCUT2D eigenvalue weighted by Gasteiger charge is -2.13. The first-order valence-electron chi connectivity index (χ1n) is 9.62. The Bertz CT molecular complexity index is 944. The van der Waals surface area contributed by atoms with Crippen LogP contribution >= 0.6 is 15.9 Å². The van der Waals surface area contributed by atoms with Gasteiger partial charge in [-0.3, -0.25) is 9.59 Å². The number of halogens is 1. The van der Waals surface area contributed by atoms with Crippen molar-refractivity contribution >= 4 is 39.6 Å². The molecule has 0 unspecified atom stereocenters. The topological polar surface area (TPSA) is 89.0 Å². The van der Waals surface area contributed by atoms with Gasteiger partial charge < -0.3 is 14.8 Å². The summed E-state index contributed by atoms with van der Waals surface area (Å²) in [6.07, 6.45) is 1.14. The minimum absolute atomic E-state index is 0.332. The van der Waals surface area contributed by atoms with Gasteiger partial charge in [0, 0.05) is 5.69 Å². The summed E-state index contributed by atoms with van der Waals surface area (Å²) in [4.78, 5) is 24.1. The maximum absolute atomic E-state index is 12.1. The maximum atomic E-state index is 12.1. The summed E-state index contributed by atoms with van der Waals surface area (Å²) in [5, 5.41) is 6.66. The number of ether oxygens (including phenoxy) is 2. The SMILES string of the molecule is CCOc1cc(C=NNC(=O)CC(=O)Nc2ccc(C)cc2C)cc(Br)c1OCC. The molecule has 0 spiro atoms. The van der Waals surface area contributed by atoms with E-state index in [1.54, 1.807) is 12.1 Å². The molecule has 0 aliphatic heterocycles. The fourth-order valence-corrected chi connectivity index (χ4v) is 3.30. The van der Waals surface area contributed by atoms with E-state index in [0.717, 1.165) is 15.6 Å². The van der Waals surface area contributed by atoms with Crippen molar-refractivity contribution in [2.24, 2.45) is 5.10 Å². The highest BCUT2D eigenvalue weighted by molar-refractivity contribution is 9.10. The third kappa shape index (κ3) is 6.88. The van der Waals surface area contributed by atoms with Gasteiger partial charge in [-0.1, -0.05) is 17.7 Å². The normalized spacial score (nSPS) is 10.7. The fourth-order valence-electron chi connectivity index (χ4n) is 2.72. The summed E-state index contributed by atoms with van der Waals surface area (Å²) in [5.41, 5.74) is 5.79. The molecular formula is C22H26BrN3O4. The molecule has 0 saturated carbocycles. The van der Waals surface area contributed by atoms with Gasteiger partial charge in [0.1, 0.15) is 6.42 Å². The Morgan fingerprint density at radius 2 is 1.80 bits per heavy atom. The van der Waals surface area contributed by atoms with Crippen LogP contribution in [0.15, 0.2) is 39.9 Å². The molecule has 0 aromatic heterocycles. The molecule has 0 atom stereocenters. The molecule has 2 amide bonds. The standard InChI is InChI=1S/C22H26BrN3O4/c1-5-29-19-11-16(10-17(23)22(19)30-6-2)13-24-26-21(28)12-20(27)25-18-8-7-14(3)9-15(18)4/h7-11,13H,5-6,12H2,1-4H3,(H,25,27)(H,26,28). The molecule has 2 aromatic rings. The minimum Gasteiger partial charge on any atom is -0.490 e. The molecule has 0 aliphatic rings. The Hall–Kier alpha value is -2.87. The number of nitrogens with zero attached hydrogens (tertiary/aromatic N) is 1. The predicted molar refractivity (Wildman–Crippen MR) is 121 cm³/mol. The Balaban J connectivity index is 1.95. The monoisotopic (exact) mass is 475 g/mol. The van der Waals surface area contributed by atoms with Crippen LogP contribution in [0.3, 0.4) is 0 Å². The number of amides is 2. The number of carbonyl (C=O) groups excluding carboxylic acids is 2. The van der Waals surface area contributed by atoms with Crippen molar-refractivity contribution in [1.29, 1.82) is 0 Å². The van der Waals surface area contributed by atoms with Crippen LogP contribution < -0.4 is 20.2 Å². The largest absolute Gasteiger partial charge is 0.490 e. The molecule has 160 valence electrons. The number of hydrogen-bond acceptors (Lipinski definition) is 5. The van der Waals surface area contributed by atoms with Crippen LogP contribution in [-0.4, -0.2) is 31.2 Å². The first-order chi connectivity index (χ1) is 14.3. The first kappa shape index (κ1) is 23.4. The highest BCUT2D eigenvalue weighted by Gasteiger charge is 2.12. The van der Waals surface area contributed by atoms with Crippen LogP contribution in [0, 0.1) is 13.8 Å². The van der Waals surface area contributed by atoms with Gasteiger partial charge in [0.15, 0.2) is 11.5 Å². The number of benzene rings is 2. The van der Waals surface area contributed by atoms with E-state index in [9.17, 15) is 9.59 Å². The maximum Gasteiger partial charge on any atom is 0.249 e. The number of aryl methyl sites for hydroxylation is 2. The van der Waals surface area contributed by atoms with Crippen molar-refractivity contribution in [3.8, 4) is 11.5 Å². The molecule has 2 rings (SSSR count). The second-order valence-corrected chi connectivity index (χ2v) is 7.39. The van der Waals surface area contributed by atoms with E-state index in [1.807, 2.05) is 45.9 Å². The van der Waals surface area contributed by atoms with Crippen molar-refractivity contribution in [3.63, 3.8) is 0 Å². The van der Waals surface area contributed by atoms with E-state index < -0.39 is 11.8 Å². The zero-order valence-corrected chi connectivity index (χ0v) is 19.1. The van der Waals surface area contributed by atoms with Crippen LogP contribution in [0.4, 0.5) is 5.69 Å². The smallest absolute Gasteiger partial charge is 0.249 e. The quantitative estimate of drug-likeness (QED) is 0.320. The molecule has 2 N–H and O–H groups in total. The molecule has 8 heteroatoms. The highest BCUT2D eigenvalue weighted by Crippen LogP contribution is 2.36. The van der Waals surface area contributed by atoms with Crippen molar-refractivity contribution in [2.45, 2.75) is 34.1 Å². The first-order valence-corrected chi connectivity index (χ1v) is 10.4. The van der Waals surface area contributed by atoms with Crippen molar-refractivity contribution in [2.75, 3.05) is 18.5 Å². The summed E-state index contributed by atoms with van der Waals surface area (Å²) < 4.78 is 11.9. The third-order valence-electron chi connectivity index (χ3n) is 4.00. The molecule has 30 heavy (non-hydrogen) atoms. The van der Waals surface area contributed by atoms with Crippen LogP contribution in [0.5, 0.6) is 11.5 Å². The Labute approximate surface area is 185 Å². The highest BCUT2D eigenvalue weighted by atomic mass is 79.9. The average Bonchev–Trinajstić information content (AvgIpc) is 2.67. The van der Waals surface area contributed by atoms with Crippen LogP contribution in [-0.2, 0) is 9.59 Å². The molecule has 0 fully saturated rings. The lowest BCUT2D eigenvalue weighted by Crippen LogP contribution is -2.24. The number of anilines is 1. The Morgan fingerprint density at radius 3 is 2.47 bits per heavy atom. The zero-order valence-electron chi connectivity index (χ0n) is 17.5. The van der Waals surface area contributed by atoms with Crippen molar-refractivity contribution < 1.29 is 19.1 Å². The number of nitrogens with one attached hydrogen (secondary N) is 2. The van der Waals surface area contributed by atoms with E-state index >= 15 is 0 Å². The molecular weight excluding hydrogens is 450 g/mol. The number of hydrogen-bond donors (Lipinski definition) is 2. The van der Waals surface area contributed by atoms with Crippen molar-refractivity contribution in [1.82, 2.24) is 5.43 Å². The molecule has 2 aromatic carbocycles. The van der Waals surface area contributed by atoms with Crippen LogP contribution in [0.1, 0.15) is 37.0 Å². The van der Waals surface area contributed by atoms with E-state index in [4.69, 9.17) is 9.47 Å². The average molecular weight is 476 g/mol. The Morgan fingerprint density at radius 1 is 1.07 bits per heavy atom. The number of hydrazone groups is 1. The number of carbonyl (C=O) groups is 2. The van der Waals surface area contributed by atoms with Gasteiger partial charge in [0.05, 0.1) is 23.9 Å². The van der Waals surface area contributed by atoms with Gasteiger partial charge in [-0.05, 0) is 73.0 Å². The fraction of sp³-hybridized carbons (Fsp3) is 0.318. The van der Waals surface area contributed by atoms with Crippen LogP contribution in [0.25, 0.3) is 0 Å². The van der Waals surface area contributed by atoms with Gasteiger partial charge >= 0.3 is 0 Å². The molecule has 0 bridgehead atoms. The molecule has 0 aliphatic carbocycles. The van der Waals surface area contributed by atoms with Gasteiger partial charge in [-0.15, -0.1) is 0 Å². The summed E-state index contributed by atoms with van der Waals surface area (Å²) in [5.74, 6) is 0.276. The summed E-state index contributed by atoms with van der Waals surface area (Å²) >= 11 is 3.46. The summed E-state index contributed by atoms with van der Waals surface area (Å²) in [6, 6.07) is 9.25. The molecule has 0 heterocycles. The minimum atomic E-state index is -0.511. The predicted octanol–water partition coefficient (Wildman–Crippen LogP) is 4.34. The summed E-state index contributed by atoms with van der Waals surface area (Å²) in [7, 11) is 0. The lowest BCUT2D eigenvalue weighted by molar-refractivity contribution is -0.126. The van der Waals surface area contributed by atoms with Gasteiger partial charge in [-0.25, -0.2) is 5.43 Å². The summed E-state index contributed by atoms with van der Waals surface area (Å²) in [6.45, 7) is 8.64.